The van der Waals surface area contributed by atoms with Gasteiger partial charge in [-0.2, -0.15) is 0 Å². The number of hydrogen-bond acceptors (Lipinski definition) is 4. The molecule has 0 aromatic carbocycles. The van der Waals surface area contributed by atoms with Crippen molar-refractivity contribution >= 4 is 0 Å². The van der Waals surface area contributed by atoms with Crippen LogP contribution in [-0.4, -0.2) is 57.3 Å². The smallest absolute Gasteiger partial charge is 0.158 e. The van der Waals surface area contributed by atoms with Crippen molar-refractivity contribution in [3.8, 4) is 0 Å². The Labute approximate surface area is 295 Å². The summed E-state index contributed by atoms with van der Waals surface area (Å²) in [4.78, 5) is 2.50. The lowest BCUT2D eigenvalue weighted by atomic mass is 10.1. The largest absolute Gasteiger partial charge is 0.379 e. The SMILES string of the molecule is CCCCCCCC/C=C\CCCCCCCCOC(CCN1CCOCC1)OCCCCCCCC/C=C\CCCCCCCC. The monoisotopic (exact) mass is 662 g/mol. The summed E-state index contributed by atoms with van der Waals surface area (Å²) in [5, 5.41) is 0. The van der Waals surface area contributed by atoms with Gasteiger partial charge in [0.15, 0.2) is 6.29 Å². The minimum absolute atomic E-state index is 0.0518. The molecule has 0 amide bonds. The highest BCUT2D eigenvalue weighted by atomic mass is 16.7. The highest BCUT2D eigenvalue weighted by Gasteiger charge is 2.15. The highest BCUT2D eigenvalue weighted by molar-refractivity contribution is 4.82. The van der Waals surface area contributed by atoms with Crippen LogP contribution in [0.25, 0.3) is 0 Å². The van der Waals surface area contributed by atoms with Gasteiger partial charge in [-0.1, -0.05) is 154 Å². The highest BCUT2D eigenvalue weighted by Crippen LogP contribution is 2.14. The van der Waals surface area contributed by atoms with Gasteiger partial charge in [0.05, 0.1) is 13.2 Å². The van der Waals surface area contributed by atoms with Crippen molar-refractivity contribution < 1.29 is 14.2 Å². The predicted molar refractivity (Wildman–Crippen MR) is 206 cm³/mol. The maximum atomic E-state index is 6.29. The molecule has 0 spiro atoms. The Kier molecular flexibility index (Phi) is 36.0. The molecule has 1 aliphatic rings. The zero-order valence-electron chi connectivity index (χ0n) is 32.0. The fourth-order valence-electron chi connectivity index (χ4n) is 6.46. The van der Waals surface area contributed by atoms with Gasteiger partial charge >= 0.3 is 0 Å². The van der Waals surface area contributed by atoms with E-state index in [1.807, 2.05) is 0 Å². The molecule has 1 rings (SSSR count). The first-order valence-electron chi connectivity index (χ1n) is 21.2. The summed E-state index contributed by atoms with van der Waals surface area (Å²) >= 11 is 0. The van der Waals surface area contributed by atoms with Crippen LogP contribution in [0.5, 0.6) is 0 Å². The molecule has 0 atom stereocenters. The molecule has 0 radical (unpaired) electrons. The molecule has 278 valence electrons. The molecule has 0 N–H and O–H groups in total. The molecule has 1 saturated heterocycles. The molecule has 0 aliphatic carbocycles. The van der Waals surface area contributed by atoms with Gasteiger partial charge in [-0.15, -0.1) is 0 Å². The number of nitrogens with zero attached hydrogens (tertiary/aromatic N) is 1. The minimum atomic E-state index is -0.0518. The van der Waals surface area contributed by atoms with Gasteiger partial charge in [-0.05, 0) is 64.2 Å². The lowest BCUT2D eigenvalue weighted by Crippen LogP contribution is -2.38. The van der Waals surface area contributed by atoms with Crippen LogP contribution >= 0.6 is 0 Å². The van der Waals surface area contributed by atoms with E-state index in [0.29, 0.717) is 0 Å². The van der Waals surface area contributed by atoms with Crippen molar-refractivity contribution in [2.45, 2.75) is 206 Å². The Bertz CT molecular complexity index is 601. The van der Waals surface area contributed by atoms with Gasteiger partial charge in [-0.3, -0.25) is 4.90 Å². The molecule has 0 bridgehead atoms. The summed E-state index contributed by atoms with van der Waals surface area (Å²) in [5.41, 5.74) is 0. The Morgan fingerprint density at radius 1 is 0.468 bits per heavy atom. The van der Waals surface area contributed by atoms with Crippen LogP contribution in [0.2, 0.25) is 0 Å². The van der Waals surface area contributed by atoms with Gasteiger partial charge in [-0.25, -0.2) is 0 Å². The Morgan fingerprint density at radius 2 is 0.809 bits per heavy atom. The van der Waals surface area contributed by atoms with E-state index in [0.717, 1.165) is 65.3 Å². The quantitative estimate of drug-likeness (QED) is 0.0377. The molecular weight excluding hydrogens is 578 g/mol. The molecule has 1 heterocycles. The van der Waals surface area contributed by atoms with Crippen LogP contribution in [0, 0.1) is 0 Å². The first-order chi connectivity index (χ1) is 23.4. The van der Waals surface area contributed by atoms with E-state index in [2.05, 4.69) is 43.1 Å². The maximum absolute atomic E-state index is 6.29. The summed E-state index contributed by atoms with van der Waals surface area (Å²) in [7, 11) is 0. The molecular formula is C43H83NO3. The Morgan fingerprint density at radius 3 is 1.19 bits per heavy atom. The molecule has 0 aromatic rings. The number of rotatable bonds is 37. The van der Waals surface area contributed by atoms with Crippen LogP contribution < -0.4 is 0 Å². The van der Waals surface area contributed by atoms with Crippen molar-refractivity contribution in [3.05, 3.63) is 24.3 Å². The van der Waals surface area contributed by atoms with E-state index in [1.165, 1.54) is 167 Å². The third kappa shape index (κ3) is 33.6. The average Bonchev–Trinajstić information content (AvgIpc) is 3.10. The number of ether oxygens (including phenoxy) is 3. The Balaban J connectivity index is 2.01. The van der Waals surface area contributed by atoms with Crippen molar-refractivity contribution in [2.24, 2.45) is 0 Å². The topological polar surface area (TPSA) is 30.9 Å². The molecule has 1 aliphatic heterocycles. The number of allylic oxidation sites excluding steroid dienone is 4. The van der Waals surface area contributed by atoms with Crippen molar-refractivity contribution in [1.82, 2.24) is 4.90 Å². The van der Waals surface area contributed by atoms with Gasteiger partial charge < -0.3 is 14.2 Å². The van der Waals surface area contributed by atoms with E-state index in [9.17, 15) is 0 Å². The molecule has 0 unspecified atom stereocenters. The van der Waals surface area contributed by atoms with Crippen LogP contribution in [-0.2, 0) is 14.2 Å². The van der Waals surface area contributed by atoms with Crippen LogP contribution in [0.3, 0.4) is 0 Å². The second kappa shape index (κ2) is 38.1. The fourth-order valence-corrected chi connectivity index (χ4v) is 6.46. The van der Waals surface area contributed by atoms with E-state index in [-0.39, 0.29) is 6.29 Å². The van der Waals surface area contributed by atoms with Gasteiger partial charge in [0.25, 0.3) is 0 Å². The first-order valence-corrected chi connectivity index (χ1v) is 21.2. The van der Waals surface area contributed by atoms with Crippen molar-refractivity contribution in [2.75, 3.05) is 46.1 Å². The summed E-state index contributed by atoms with van der Waals surface area (Å²) in [5.74, 6) is 0. The van der Waals surface area contributed by atoms with Crippen LogP contribution in [0.4, 0.5) is 0 Å². The number of morpholine rings is 1. The van der Waals surface area contributed by atoms with E-state index >= 15 is 0 Å². The molecule has 4 heteroatoms. The van der Waals surface area contributed by atoms with Crippen molar-refractivity contribution in [3.63, 3.8) is 0 Å². The third-order valence-electron chi connectivity index (χ3n) is 9.70. The molecule has 0 aromatic heterocycles. The lowest BCUT2D eigenvalue weighted by Gasteiger charge is -2.28. The minimum Gasteiger partial charge on any atom is -0.379 e. The Hall–Kier alpha value is -0.680. The molecule has 4 nitrogen and oxygen atoms in total. The van der Waals surface area contributed by atoms with Gasteiger partial charge in [0.1, 0.15) is 0 Å². The fraction of sp³-hybridized carbons (Fsp3) is 0.907. The van der Waals surface area contributed by atoms with Crippen molar-refractivity contribution in [1.29, 1.82) is 0 Å². The standard InChI is InChI=1S/C43H83NO3/c1-3-5-7-9-11-13-15-17-19-21-23-25-27-29-31-33-39-46-43(35-36-44-37-41-45-42-38-44)47-40-34-32-30-28-26-24-22-20-18-16-14-12-10-8-6-4-2/h17-20,43H,3-16,21-42H2,1-2H3/b19-17-,20-18-. The van der Waals surface area contributed by atoms with E-state index in [1.54, 1.807) is 0 Å². The zero-order chi connectivity index (χ0) is 33.6. The second-order valence-electron chi connectivity index (χ2n) is 14.3. The first kappa shape index (κ1) is 44.3. The predicted octanol–water partition coefficient (Wildman–Crippen LogP) is 13.1. The summed E-state index contributed by atoms with van der Waals surface area (Å²) in [6.07, 6.45) is 48.1. The molecule has 1 fully saturated rings. The summed E-state index contributed by atoms with van der Waals surface area (Å²) in [6, 6.07) is 0. The third-order valence-corrected chi connectivity index (χ3v) is 9.70. The average molecular weight is 662 g/mol. The summed E-state index contributed by atoms with van der Waals surface area (Å²) < 4.78 is 18.1. The van der Waals surface area contributed by atoms with Crippen LogP contribution in [0.15, 0.2) is 24.3 Å². The number of unbranched alkanes of at least 4 members (excludes halogenated alkanes) is 24. The van der Waals surface area contributed by atoms with Gasteiger partial charge in [0, 0.05) is 39.3 Å². The zero-order valence-corrected chi connectivity index (χ0v) is 32.0. The molecule has 47 heavy (non-hydrogen) atoms. The molecule has 0 saturated carbocycles. The van der Waals surface area contributed by atoms with Gasteiger partial charge in [0.2, 0.25) is 0 Å². The van der Waals surface area contributed by atoms with E-state index in [4.69, 9.17) is 14.2 Å². The van der Waals surface area contributed by atoms with E-state index < -0.39 is 0 Å². The van der Waals surface area contributed by atoms with Crippen LogP contribution in [0.1, 0.15) is 200 Å². The second-order valence-corrected chi connectivity index (χ2v) is 14.3. The normalized spacial score (nSPS) is 14.4. The summed E-state index contributed by atoms with van der Waals surface area (Å²) in [6.45, 7) is 11.1. The lowest BCUT2D eigenvalue weighted by molar-refractivity contribution is -0.150. The number of hydrogen-bond donors (Lipinski definition) is 0. The maximum Gasteiger partial charge on any atom is 0.158 e.